The van der Waals surface area contributed by atoms with Gasteiger partial charge >= 0.3 is 0 Å². The maximum Gasteiger partial charge on any atom is 0.248 e. The average molecular weight is 378 g/mol. The van der Waals surface area contributed by atoms with Crippen molar-refractivity contribution in [2.24, 2.45) is 0 Å². The molecule has 2 aliphatic rings. The first kappa shape index (κ1) is 19.0. The third-order valence-corrected chi connectivity index (χ3v) is 6.47. The summed E-state index contributed by atoms with van der Waals surface area (Å²) in [5.41, 5.74) is 3.41. The summed E-state index contributed by atoms with van der Waals surface area (Å²) in [4.78, 5) is 17.9. The number of rotatable bonds is 5. The van der Waals surface area contributed by atoms with Gasteiger partial charge in [-0.25, -0.2) is 0 Å². The van der Waals surface area contributed by atoms with E-state index in [0.717, 1.165) is 50.9 Å². The van der Waals surface area contributed by atoms with Crippen molar-refractivity contribution in [1.29, 1.82) is 0 Å². The van der Waals surface area contributed by atoms with Crippen molar-refractivity contribution in [2.45, 2.75) is 50.2 Å². The van der Waals surface area contributed by atoms with Crippen LogP contribution in [0.4, 0.5) is 5.69 Å². The first-order chi connectivity index (χ1) is 13.6. The van der Waals surface area contributed by atoms with E-state index in [4.69, 9.17) is 0 Å². The van der Waals surface area contributed by atoms with Gasteiger partial charge in [-0.3, -0.25) is 9.69 Å². The van der Waals surface area contributed by atoms with Crippen LogP contribution in [0, 0.1) is 0 Å². The number of hydrogen-bond acceptors (Lipinski definition) is 3. The third kappa shape index (κ3) is 3.79. The Morgan fingerprint density at radius 3 is 2.43 bits per heavy atom. The lowest BCUT2D eigenvalue weighted by Gasteiger charge is -2.39. The lowest BCUT2D eigenvalue weighted by molar-refractivity contribution is -0.135. The summed E-state index contributed by atoms with van der Waals surface area (Å²) < 4.78 is 0. The molecule has 0 radical (unpaired) electrons. The second-order valence-electron chi connectivity index (χ2n) is 8.51. The molecule has 4 rings (SSSR count). The molecule has 148 valence electrons. The Morgan fingerprint density at radius 2 is 1.71 bits per heavy atom. The smallest absolute Gasteiger partial charge is 0.248 e. The molecule has 0 aromatic heterocycles. The Bertz CT molecular complexity index is 814. The number of likely N-dealkylation sites (N-methyl/N-ethyl adjacent to an activating group) is 2. The number of anilines is 1. The van der Waals surface area contributed by atoms with Crippen molar-refractivity contribution < 1.29 is 4.79 Å². The van der Waals surface area contributed by atoms with Gasteiger partial charge in [0.05, 0.1) is 0 Å². The standard InChI is InChI=1S/C24H31N3O/c1-26-17-20-11-7-6-10-19(20)16-22(26)18-27(2)23(28)24(14-8-9-15-24)25-21-12-4-3-5-13-21/h3-7,10-13,22,25H,8-9,14-18H2,1-2H3. The molecule has 1 aliphatic carbocycles. The van der Waals surface area contributed by atoms with E-state index >= 15 is 0 Å². The van der Waals surface area contributed by atoms with Crippen LogP contribution < -0.4 is 5.32 Å². The molecule has 4 heteroatoms. The predicted octanol–water partition coefficient (Wildman–Crippen LogP) is 3.93. The van der Waals surface area contributed by atoms with Crippen molar-refractivity contribution in [1.82, 2.24) is 9.80 Å². The number of nitrogens with zero attached hydrogens (tertiary/aromatic N) is 2. The highest BCUT2D eigenvalue weighted by Crippen LogP contribution is 2.35. The van der Waals surface area contributed by atoms with Crippen LogP contribution in [0.5, 0.6) is 0 Å². The molecule has 0 bridgehead atoms. The van der Waals surface area contributed by atoms with E-state index in [-0.39, 0.29) is 5.91 Å². The summed E-state index contributed by atoms with van der Waals surface area (Å²) in [5, 5.41) is 3.59. The van der Waals surface area contributed by atoms with Gasteiger partial charge in [-0.05, 0) is 49.6 Å². The number of nitrogens with one attached hydrogen (secondary N) is 1. The molecule has 2 aromatic carbocycles. The molecule has 0 saturated heterocycles. The van der Waals surface area contributed by atoms with Crippen molar-refractivity contribution in [3.63, 3.8) is 0 Å². The average Bonchev–Trinajstić information content (AvgIpc) is 3.18. The minimum Gasteiger partial charge on any atom is -0.371 e. The molecule has 1 N–H and O–H groups in total. The fourth-order valence-electron chi connectivity index (χ4n) is 4.86. The second-order valence-corrected chi connectivity index (χ2v) is 8.51. The van der Waals surface area contributed by atoms with Gasteiger partial charge in [0.25, 0.3) is 0 Å². The number of para-hydroxylation sites is 1. The highest BCUT2D eigenvalue weighted by molar-refractivity contribution is 5.89. The first-order valence-electron chi connectivity index (χ1n) is 10.4. The summed E-state index contributed by atoms with van der Waals surface area (Å²) in [5.74, 6) is 0.237. The number of benzene rings is 2. The molecule has 1 unspecified atom stereocenters. The van der Waals surface area contributed by atoms with Crippen LogP contribution >= 0.6 is 0 Å². The first-order valence-corrected chi connectivity index (χ1v) is 10.4. The molecular weight excluding hydrogens is 346 g/mol. The molecule has 4 nitrogen and oxygen atoms in total. The summed E-state index contributed by atoms with van der Waals surface area (Å²) in [7, 11) is 4.15. The number of hydrogen-bond donors (Lipinski definition) is 1. The third-order valence-electron chi connectivity index (χ3n) is 6.47. The lowest BCUT2D eigenvalue weighted by atomic mass is 9.92. The zero-order valence-corrected chi connectivity index (χ0v) is 17.0. The zero-order chi connectivity index (χ0) is 19.6. The summed E-state index contributed by atoms with van der Waals surface area (Å²) in [6.45, 7) is 1.72. The van der Waals surface area contributed by atoms with Gasteiger partial charge in [0, 0.05) is 31.9 Å². The van der Waals surface area contributed by atoms with E-state index in [1.807, 2.05) is 30.1 Å². The minimum absolute atomic E-state index is 0.237. The fraction of sp³-hybridized carbons (Fsp3) is 0.458. The van der Waals surface area contributed by atoms with Crippen LogP contribution in [0.25, 0.3) is 0 Å². The van der Waals surface area contributed by atoms with Crippen molar-refractivity contribution in [3.8, 4) is 0 Å². The van der Waals surface area contributed by atoms with E-state index < -0.39 is 5.54 Å². The van der Waals surface area contributed by atoms with E-state index in [0.29, 0.717) is 6.04 Å². The van der Waals surface area contributed by atoms with E-state index in [2.05, 4.69) is 53.7 Å². The topological polar surface area (TPSA) is 35.6 Å². The normalized spacial score (nSPS) is 21.1. The molecule has 0 spiro atoms. The van der Waals surface area contributed by atoms with Crippen molar-refractivity contribution in [2.75, 3.05) is 26.0 Å². The minimum atomic E-state index is -0.457. The quantitative estimate of drug-likeness (QED) is 0.858. The Labute approximate surface area is 168 Å². The summed E-state index contributed by atoms with van der Waals surface area (Å²) in [6.07, 6.45) is 5.04. The van der Waals surface area contributed by atoms with Crippen molar-refractivity contribution in [3.05, 3.63) is 65.7 Å². The van der Waals surface area contributed by atoms with E-state index in [9.17, 15) is 4.79 Å². The van der Waals surface area contributed by atoms with Gasteiger partial charge < -0.3 is 10.2 Å². The number of carbonyl (C=O) groups excluding carboxylic acids is 1. The summed E-state index contributed by atoms with van der Waals surface area (Å²) in [6, 6.07) is 19.2. The fourth-order valence-corrected chi connectivity index (χ4v) is 4.86. The summed E-state index contributed by atoms with van der Waals surface area (Å²) >= 11 is 0. The van der Waals surface area contributed by atoms with Gasteiger partial charge in [0.15, 0.2) is 0 Å². The van der Waals surface area contributed by atoms with Crippen LogP contribution in [0.1, 0.15) is 36.8 Å². The second kappa shape index (κ2) is 7.96. The van der Waals surface area contributed by atoms with Crippen molar-refractivity contribution >= 4 is 11.6 Å². The Balaban J connectivity index is 1.47. The molecule has 1 amide bonds. The molecule has 1 saturated carbocycles. The van der Waals surface area contributed by atoms with Gasteiger partial charge in [0.1, 0.15) is 5.54 Å². The molecule has 28 heavy (non-hydrogen) atoms. The van der Waals surface area contributed by atoms with Gasteiger partial charge in [-0.2, -0.15) is 0 Å². The molecule has 1 heterocycles. The SMILES string of the molecule is CN(CC1Cc2ccccc2CN1C)C(=O)C1(Nc2ccccc2)CCCC1. The highest BCUT2D eigenvalue weighted by atomic mass is 16.2. The monoisotopic (exact) mass is 377 g/mol. The number of amides is 1. The largest absolute Gasteiger partial charge is 0.371 e. The molecule has 1 atom stereocenters. The predicted molar refractivity (Wildman–Crippen MR) is 114 cm³/mol. The maximum absolute atomic E-state index is 13.5. The van der Waals surface area contributed by atoms with Gasteiger partial charge in [-0.15, -0.1) is 0 Å². The van der Waals surface area contributed by atoms with Crippen LogP contribution in [-0.2, 0) is 17.8 Å². The van der Waals surface area contributed by atoms with E-state index in [1.165, 1.54) is 11.1 Å². The highest BCUT2D eigenvalue weighted by Gasteiger charge is 2.43. The maximum atomic E-state index is 13.5. The Kier molecular flexibility index (Phi) is 5.40. The van der Waals surface area contributed by atoms with E-state index in [1.54, 1.807) is 0 Å². The van der Waals surface area contributed by atoms with Crippen LogP contribution in [-0.4, -0.2) is 47.9 Å². The zero-order valence-electron chi connectivity index (χ0n) is 17.0. The number of carbonyl (C=O) groups is 1. The van der Waals surface area contributed by atoms with Crippen LogP contribution in [0.15, 0.2) is 54.6 Å². The lowest BCUT2D eigenvalue weighted by Crippen LogP contribution is -2.54. The van der Waals surface area contributed by atoms with Gasteiger partial charge in [0.2, 0.25) is 5.91 Å². The molecular formula is C24H31N3O. The van der Waals surface area contributed by atoms with Crippen LogP contribution in [0.2, 0.25) is 0 Å². The molecule has 1 fully saturated rings. The van der Waals surface area contributed by atoms with Gasteiger partial charge in [-0.1, -0.05) is 55.3 Å². The van der Waals surface area contributed by atoms with Crippen LogP contribution in [0.3, 0.4) is 0 Å². The Hall–Kier alpha value is -2.33. The number of fused-ring (bicyclic) bond motifs is 1. The molecule has 2 aromatic rings. The molecule has 1 aliphatic heterocycles. The Morgan fingerprint density at radius 1 is 1.07 bits per heavy atom.